The van der Waals surface area contributed by atoms with Gasteiger partial charge in [0.05, 0.1) is 38.9 Å². The Bertz CT molecular complexity index is 1490. The Balaban J connectivity index is 1.34. The van der Waals surface area contributed by atoms with Crippen LogP contribution in [0, 0.1) is 22.7 Å². The lowest BCUT2D eigenvalue weighted by Gasteiger charge is -2.35. The smallest absolute Gasteiger partial charge is 0.370 e. The summed E-state index contributed by atoms with van der Waals surface area (Å²) in [5.41, 5.74) is -0.0289. The second-order valence-electron chi connectivity index (χ2n) is 10.1. The summed E-state index contributed by atoms with van der Waals surface area (Å²) in [6.07, 6.45) is -9.03. The second-order valence-corrected chi connectivity index (χ2v) is 10.5. The van der Waals surface area contributed by atoms with Gasteiger partial charge < -0.3 is 20.5 Å². The molecule has 1 saturated heterocycles. The molecule has 3 aromatic rings. The largest absolute Gasteiger partial charge is 0.403 e. The van der Waals surface area contributed by atoms with Crippen molar-refractivity contribution in [3.8, 4) is 6.07 Å². The van der Waals surface area contributed by atoms with Crippen LogP contribution >= 0.6 is 11.6 Å². The minimum atomic E-state index is -4.61. The fraction of sp³-hybridized carbons (Fsp3) is 0.423. The van der Waals surface area contributed by atoms with Gasteiger partial charge in [0.1, 0.15) is 11.5 Å². The molecule has 7 nitrogen and oxygen atoms in total. The predicted molar refractivity (Wildman–Crippen MR) is 136 cm³/mol. The summed E-state index contributed by atoms with van der Waals surface area (Å²) in [6, 6.07) is 9.76. The van der Waals surface area contributed by atoms with E-state index < -0.39 is 29.6 Å². The number of alkyl halides is 6. The molecular weight excluding hydrogens is 562 g/mol. The highest BCUT2D eigenvalue weighted by Crippen LogP contribution is 2.57. The van der Waals surface area contributed by atoms with Crippen LogP contribution in [-0.2, 0) is 11.3 Å². The molecule has 2 aliphatic rings. The van der Waals surface area contributed by atoms with Crippen LogP contribution in [0.4, 0.5) is 43.7 Å². The number of piperidine rings is 1. The van der Waals surface area contributed by atoms with Crippen molar-refractivity contribution in [3.63, 3.8) is 0 Å². The Morgan fingerprint density at radius 3 is 2.60 bits per heavy atom. The summed E-state index contributed by atoms with van der Waals surface area (Å²) in [6.45, 7) is -0.00666. The summed E-state index contributed by atoms with van der Waals surface area (Å²) in [7, 11) is 0. The van der Waals surface area contributed by atoms with Gasteiger partial charge in [-0.15, -0.1) is 0 Å². The Morgan fingerprint density at radius 1 is 1.20 bits per heavy atom. The van der Waals surface area contributed by atoms with E-state index in [9.17, 15) is 36.4 Å². The molecule has 0 spiro atoms. The zero-order valence-corrected chi connectivity index (χ0v) is 21.6. The lowest BCUT2D eigenvalue weighted by Crippen LogP contribution is -2.42. The van der Waals surface area contributed by atoms with E-state index in [2.05, 4.69) is 20.6 Å². The molecule has 5 rings (SSSR count). The van der Waals surface area contributed by atoms with Crippen LogP contribution in [0.2, 0.25) is 5.02 Å². The van der Waals surface area contributed by atoms with Crippen molar-refractivity contribution < 1.29 is 31.1 Å². The molecule has 0 bridgehead atoms. The number of carbonyl (C=O) groups is 1. The van der Waals surface area contributed by atoms with Crippen molar-refractivity contribution in [2.75, 3.05) is 23.3 Å². The number of carbonyl (C=O) groups excluding carboxylic acids is 1. The molecule has 1 aromatic heterocycles. The molecule has 14 heteroatoms. The summed E-state index contributed by atoms with van der Waals surface area (Å²) in [5.74, 6) is -2.33. The number of imidazole rings is 1. The number of aromatic amines is 1. The van der Waals surface area contributed by atoms with E-state index in [1.54, 1.807) is 23.1 Å². The first-order valence-corrected chi connectivity index (χ1v) is 12.8. The van der Waals surface area contributed by atoms with Gasteiger partial charge in [-0.25, -0.2) is 4.98 Å². The summed E-state index contributed by atoms with van der Waals surface area (Å²) < 4.78 is 79.6. The first-order valence-electron chi connectivity index (χ1n) is 12.5. The quantitative estimate of drug-likeness (QED) is 0.285. The van der Waals surface area contributed by atoms with E-state index in [4.69, 9.17) is 11.6 Å². The van der Waals surface area contributed by atoms with Crippen LogP contribution in [0.25, 0.3) is 11.0 Å². The fourth-order valence-corrected chi connectivity index (χ4v) is 5.11. The Hall–Kier alpha value is -3.66. The van der Waals surface area contributed by atoms with Crippen LogP contribution in [0.5, 0.6) is 0 Å². The number of nitrogens with one attached hydrogen (secondary N) is 3. The first-order chi connectivity index (χ1) is 18.8. The maximum Gasteiger partial charge on any atom is 0.403 e. The number of benzene rings is 2. The van der Waals surface area contributed by atoms with Gasteiger partial charge in [-0.05, 0) is 55.5 Å². The number of nitriles is 1. The number of rotatable bonds is 6. The number of fused-ring (bicyclic) bond motifs is 1. The van der Waals surface area contributed by atoms with E-state index in [0.29, 0.717) is 40.9 Å². The summed E-state index contributed by atoms with van der Waals surface area (Å²) >= 11 is 6.29. The van der Waals surface area contributed by atoms with E-state index in [-0.39, 0.29) is 48.9 Å². The maximum atomic E-state index is 13.3. The number of aromatic nitrogens is 2. The summed E-state index contributed by atoms with van der Waals surface area (Å²) in [5, 5.41) is 15.3. The van der Waals surface area contributed by atoms with Crippen molar-refractivity contribution >= 4 is 45.9 Å². The molecule has 1 unspecified atom stereocenters. The molecule has 2 heterocycles. The van der Waals surface area contributed by atoms with Crippen LogP contribution in [0.1, 0.15) is 36.8 Å². The van der Waals surface area contributed by atoms with Crippen LogP contribution in [0.15, 0.2) is 30.3 Å². The number of amides is 1. The predicted octanol–water partition coefficient (Wildman–Crippen LogP) is 6.57. The monoisotopic (exact) mass is 584 g/mol. The average Bonchev–Trinajstić information content (AvgIpc) is 3.64. The molecule has 1 saturated carbocycles. The van der Waals surface area contributed by atoms with E-state index in [0.717, 1.165) is 0 Å². The summed E-state index contributed by atoms with van der Waals surface area (Å²) in [4.78, 5) is 21.2. The van der Waals surface area contributed by atoms with Crippen molar-refractivity contribution in [2.24, 2.45) is 11.3 Å². The van der Waals surface area contributed by atoms with E-state index in [1.807, 2.05) is 6.07 Å². The zero-order valence-electron chi connectivity index (χ0n) is 20.8. The number of hydrogen-bond donors (Lipinski definition) is 3. The van der Waals surface area contributed by atoms with Gasteiger partial charge in [0.15, 0.2) is 0 Å². The Morgan fingerprint density at radius 2 is 1.95 bits per heavy atom. The highest BCUT2D eigenvalue weighted by Gasteiger charge is 2.68. The van der Waals surface area contributed by atoms with Crippen LogP contribution in [0.3, 0.4) is 0 Å². The standard InChI is InChI=1S/C26H23ClF6N6O/c27-17-4-3-14(12-35-22(40)24(5-6-24)26(31,32)33)8-18(17)36-23-37-19-9-15(11-34)21(10-20(19)38-23)39-7-1-2-16(13-39)25(28,29)30/h3-4,8-10,16H,1-2,5-7,12-13H2,(H,35,40)(H2,36,37,38). The SMILES string of the molecule is N#Cc1cc2nc(Nc3cc(CNC(=O)C4(C(F)(F)F)CC4)ccc3Cl)[nH]c2cc1N1CCCC(C(F)(F)F)C1. The lowest BCUT2D eigenvalue weighted by atomic mass is 9.96. The minimum absolute atomic E-state index is 0.0367. The normalized spacial score (nSPS) is 18.9. The van der Waals surface area contributed by atoms with Gasteiger partial charge in [-0.1, -0.05) is 17.7 Å². The van der Waals surface area contributed by atoms with Gasteiger partial charge in [-0.2, -0.15) is 31.6 Å². The number of hydrogen-bond acceptors (Lipinski definition) is 5. The highest BCUT2D eigenvalue weighted by atomic mass is 35.5. The number of H-pyrrole nitrogens is 1. The Labute approximate surface area is 229 Å². The van der Waals surface area contributed by atoms with Gasteiger partial charge in [0, 0.05) is 19.6 Å². The maximum absolute atomic E-state index is 13.3. The molecule has 2 fully saturated rings. The second kappa shape index (κ2) is 10.1. The first kappa shape index (κ1) is 27.9. The molecule has 2 aromatic carbocycles. The molecule has 1 aliphatic carbocycles. The van der Waals surface area contributed by atoms with Crippen molar-refractivity contribution in [2.45, 2.75) is 44.6 Å². The highest BCUT2D eigenvalue weighted by molar-refractivity contribution is 6.33. The third-order valence-corrected chi connectivity index (χ3v) is 7.74. The van der Waals surface area contributed by atoms with Crippen LogP contribution in [-0.4, -0.2) is 41.3 Å². The number of halogens is 7. The van der Waals surface area contributed by atoms with Crippen molar-refractivity contribution in [1.29, 1.82) is 5.26 Å². The van der Waals surface area contributed by atoms with E-state index >= 15 is 0 Å². The molecule has 212 valence electrons. The molecule has 3 N–H and O–H groups in total. The third-order valence-electron chi connectivity index (χ3n) is 7.41. The molecule has 40 heavy (non-hydrogen) atoms. The molecule has 1 atom stereocenters. The zero-order chi connectivity index (χ0) is 28.9. The number of anilines is 3. The lowest BCUT2D eigenvalue weighted by molar-refractivity contribution is -0.192. The van der Waals surface area contributed by atoms with Gasteiger partial charge in [0.25, 0.3) is 0 Å². The molecule has 1 aliphatic heterocycles. The van der Waals surface area contributed by atoms with E-state index in [1.165, 1.54) is 12.1 Å². The van der Waals surface area contributed by atoms with Gasteiger partial charge in [-0.3, -0.25) is 4.79 Å². The third kappa shape index (κ3) is 5.37. The Kier molecular flexibility index (Phi) is 7.02. The average molecular weight is 585 g/mol. The molecule has 0 radical (unpaired) electrons. The molecule has 1 amide bonds. The molecular formula is C26H23ClF6N6O. The van der Waals surface area contributed by atoms with Gasteiger partial charge >= 0.3 is 12.4 Å². The van der Waals surface area contributed by atoms with Gasteiger partial charge in [0.2, 0.25) is 11.9 Å². The van der Waals surface area contributed by atoms with Crippen molar-refractivity contribution in [1.82, 2.24) is 15.3 Å². The fourth-order valence-electron chi connectivity index (χ4n) is 4.94. The topological polar surface area (TPSA) is 96.8 Å². The van der Waals surface area contributed by atoms with Crippen LogP contribution < -0.4 is 15.5 Å². The number of nitrogens with zero attached hydrogens (tertiary/aromatic N) is 3. The van der Waals surface area contributed by atoms with Crippen molar-refractivity contribution in [3.05, 3.63) is 46.5 Å². The minimum Gasteiger partial charge on any atom is -0.370 e.